The first-order valence-corrected chi connectivity index (χ1v) is 7.85. The molecule has 0 radical (unpaired) electrons. The van der Waals surface area contributed by atoms with E-state index >= 15 is 0 Å². The smallest absolute Gasteiger partial charge is 0.137 e. The van der Waals surface area contributed by atoms with Crippen LogP contribution in [0.2, 0.25) is 0 Å². The molecular weight excluding hydrogens is 332 g/mol. The fraction of sp³-hybridized carbons (Fsp3) is 0.0476. The van der Waals surface area contributed by atoms with Crippen molar-refractivity contribution in [2.45, 2.75) is 0 Å². The Hall–Kier alpha value is -3.27. The third kappa shape index (κ3) is 4.85. The summed E-state index contributed by atoms with van der Waals surface area (Å²) < 4.78 is 5.13. The second-order valence-corrected chi connectivity index (χ2v) is 5.39. The lowest BCUT2D eigenvalue weighted by molar-refractivity contribution is 0.415. The molecule has 0 bridgehead atoms. The van der Waals surface area contributed by atoms with Gasteiger partial charge in [0.1, 0.15) is 23.5 Å². The maximum Gasteiger partial charge on any atom is 0.137 e. The third-order valence-electron chi connectivity index (χ3n) is 3.45. The molecule has 0 aliphatic rings. The molecule has 3 nitrogen and oxygen atoms in total. The maximum atomic E-state index is 9.21. The molecule has 4 heteroatoms. The molecular formula is C21H15ClN2O. The number of benzene rings is 2. The van der Waals surface area contributed by atoms with Gasteiger partial charge >= 0.3 is 0 Å². The fourth-order valence-electron chi connectivity index (χ4n) is 2.16. The lowest BCUT2D eigenvalue weighted by Gasteiger charge is -2.05. The van der Waals surface area contributed by atoms with Crippen LogP contribution >= 0.6 is 11.6 Å². The van der Waals surface area contributed by atoms with Crippen molar-refractivity contribution in [3.63, 3.8) is 0 Å². The van der Waals surface area contributed by atoms with Gasteiger partial charge in [-0.2, -0.15) is 10.5 Å². The Morgan fingerprint density at radius 3 is 2.16 bits per heavy atom. The summed E-state index contributed by atoms with van der Waals surface area (Å²) in [5.74, 6) is 0.703. The van der Waals surface area contributed by atoms with Crippen molar-refractivity contribution in [1.29, 1.82) is 10.5 Å². The quantitative estimate of drug-likeness (QED) is 0.543. The highest BCUT2D eigenvalue weighted by Gasteiger charge is 2.06. The third-order valence-corrected chi connectivity index (χ3v) is 3.79. The Bertz CT molecular complexity index is 880. The van der Waals surface area contributed by atoms with E-state index in [0.29, 0.717) is 16.4 Å². The van der Waals surface area contributed by atoms with Gasteiger partial charge in [0.2, 0.25) is 0 Å². The zero-order valence-electron chi connectivity index (χ0n) is 13.6. The van der Waals surface area contributed by atoms with Crippen molar-refractivity contribution in [3.05, 3.63) is 89.5 Å². The van der Waals surface area contributed by atoms with Gasteiger partial charge < -0.3 is 4.74 Å². The molecule has 2 aromatic carbocycles. The highest BCUT2D eigenvalue weighted by molar-refractivity contribution is 6.48. The number of nitriles is 2. The Morgan fingerprint density at radius 2 is 1.60 bits per heavy atom. The van der Waals surface area contributed by atoms with Gasteiger partial charge in [-0.05, 0) is 29.3 Å². The number of rotatable bonds is 5. The minimum absolute atomic E-state index is 0.0330. The van der Waals surface area contributed by atoms with Gasteiger partial charge in [-0.1, -0.05) is 66.2 Å². The molecule has 0 heterocycles. The van der Waals surface area contributed by atoms with Crippen molar-refractivity contribution in [2.24, 2.45) is 0 Å². The molecule has 0 unspecified atom stereocenters. The van der Waals surface area contributed by atoms with Crippen LogP contribution in [-0.4, -0.2) is 7.11 Å². The van der Waals surface area contributed by atoms with Crippen LogP contribution in [0.5, 0.6) is 5.75 Å². The minimum atomic E-state index is 0.0330. The van der Waals surface area contributed by atoms with Gasteiger partial charge in [-0.15, -0.1) is 0 Å². The van der Waals surface area contributed by atoms with Gasteiger partial charge in [0.15, 0.2) is 0 Å². The molecule has 0 aromatic heterocycles. The molecule has 2 aromatic rings. The summed E-state index contributed by atoms with van der Waals surface area (Å²) >= 11 is 6.27. The number of hydrogen-bond donors (Lipinski definition) is 0. The Balaban J connectivity index is 2.36. The zero-order valence-corrected chi connectivity index (χ0v) is 14.4. The molecule has 0 spiro atoms. The molecule has 0 aliphatic carbocycles. The molecule has 0 saturated heterocycles. The Morgan fingerprint density at radius 1 is 0.960 bits per heavy atom. The van der Waals surface area contributed by atoms with E-state index in [1.807, 2.05) is 42.5 Å². The van der Waals surface area contributed by atoms with E-state index in [4.69, 9.17) is 16.3 Å². The van der Waals surface area contributed by atoms with Crippen molar-refractivity contribution >= 4 is 22.2 Å². The average molecular weight is 347 g/mol. The van der Waals surface area contributed by atoms with Crippen LogP contribution in [0.25, 0.3) is 10.6 Å². The summed E-state index contributed by atoms with van der Waals surface area (Å²) in [5, 5.41) is 19.0. The summed E-state index contributed by atoms with van der Waals surface area (Å²) in [6.07, 6.45) is 5.16. The van der Waals surface area contributed by atoms with E-state index in [2.05, 4.69) is 0 Å². The summed E-state index contributed by atoms with van der Waals surface area (Å²) in [7, 11) is 1.58. The molecule has 122 valence electrons. The predicted octanol–water partition coefficient (Wildman–Crippen LogP) is 5.33. The standard InChI is InChI=1S/C21H15ClN2O/c1-25-19-12-10-16(11-13-19)20(18(14-23)15-24)8-5-9-21(22)17-6-3-2-4-7-17/h2-13H,1H3. The van der Waals surface area contributed by atoms with Crippen LogP contribution in [0.1, 0.15) is 11.1 Å². The highest BCUT2D eigenvalue weighted by atomic mass is 35.5. The van der Waals surface area contributed by atoms with Gasteiger partial charge in [-0.25, -0.2) is 0 Å². The number of halogens is 1. The second-order valence-electron chi connectivity index (χ2n) is 4.98. The van der Waals surface area contributed by atoms with Crippen molar-refractivity contribution in [1.82, 2.24) is 0 Å². The minimum Gasteiger partial charge on any atom is -0.497 e. The normalized spacial score (nSPS) is 10.8. The summed E-state index contributed by atoms with van der Waals surface area (Å²) in [6, 6.07) is 20.6. The highest BCUT2D eigenvalue weighted by Crippen LogP contribution is 2.24. The summed E-state index contributed by atoms with van der Waals surface area (Å²) in [5.41, 5.74) is 2.20. The van der Waals surface area contributed by atoms with Crippen LogP contribution in [0.3, 0.4) is 0 Å². The zero-order chi connectivity index (χ0) is 18.1. The van der Waals surface area contributed by atoms with E-state index in [1.165, 1.54) is 0 Å². The molecule has 0 aliphatic heterocycles. The fourth-order valence-corrected chi connectivity index (χ4v) is 2.36. The van der Waals surface area contributed by atoms with Gasteiger partial charge in [-0.3, -0.25) is 0 Å². The summed E-state index contributed by atoms with van der Waals surface area (Å²) in [4.78, 5) is 0. The largest absolute Gasteiger partial charge is 0.497 e. The topological polar surface area (TPSA) is 56.8 Å². The van der Waals surface area contributed by atoms with Gasteiger partial charge in [0, 0.05) is 10.6 Å². The first-order chi connectivity index (χ1) is 12.2. The molecule has 0 saturated carbocycles. The van der Waals surface area contributed by atoms with Crippen LogP contribution in [0.15, 0.2) is 78.4 Å². The molecule has 2 rings (SSSR count). The maximum absolute atomic E-state index is 9.21. The lowest BCUT2D eigenvalue weighted by atomic mass is 10.00. The van der Waals surface area contributed by atoms with E-state index < -0.39 is 0 Å². The van der Waals surface area contributed by atoms with E-state index in [-0.39, 0.29) is 5.57 Å². The van der Waals surface area contributed by atoms with E-state index in [9.17, 15) is 10.5 Å². The molecule has 0 amide bonds. The number of allylic oxidation sites excluding steroid dienone is 5. The first kappa shape index (κ1) is 18.1. The molecule has 0 N–H and O–H groups in total. The predicted molar refractivity (Wildman–Crippen MR) is 101 cm³/mol. The first-order valence-electron chi connectivity index (χ1n) is 7.47. The lowest BCUT2D eigenvalue weighted by Crippen LogP contribution is -1.88. The van der Waals surface area contributed by atoms with E-state index in [1.54, 1.807) is 49.6 Å². The summed E-state index contributed by atoms with van der Waals surface area (Å²) in [6.45, 7) is 0. The van der Waals surface area contributed by atoms with Crippen molar-refractivity contribution < 1.29 is 4.74 Å². The molecule has 0 fully saturated rings. The van der Waals surface area contributed by atoms with Crippen LogP contribution in [0.4, 0.5) is 0 Å². The monoisotopic (exact) mass is 346 g/mol. The number of methoxy groups -OCH3 is 1. The SMILES string of the molecule is COc1ccc(C(C=CC=C(Cl)c2ccccc2)=C(C#N)C#N)cc1. The molecule has 25 heavy (non-hydrogen) atoms. The number of hydrogen-bond acceptors (Lipinski definition) is 3. The van der Waals surface area contributed by atoms with Crippen LogP contribution in [0, 0.1) is 22.7 Å². The van der Waals surface area contributed by atoms with Gasteiger partial charge in [0.25, 0.3) is 0 Å². The van der Waals surface area contributed by atoms with Crippen molar-refractivity contribution in [3.8, 4) is 17.9 Å². The Kier molecular flexibility index (Phi) is 6.60. The van der Waals surface area contributed by atoms with Crippen LogP contribution < -0.4 is 4.74 Å². The number of nitrogens with zero attached hydrogens (tertiary/aromatic N) is 2. The van der Waals surface area contributed by atoms with Crippen molar-refractivity contribution in [2.75, 3.05) is 7.11 Å². The van der Waals surface area contributed by atoms with Gasteiger partial charge in [0.05, 0.1) is 7.11 Å². The Labute approximate surface area is 152 Å². The average Bonchev–Trinajstić information content (AvgIpc) is 2.68. The van der Waals surface area contributed by atoms with Crippen LogP contribution in [-0.2, 0) is 0 Å². The second kappa shape index (κ2) is 9.13. The molecule has 0 atom stereocenters. The number of ether oxygens (including phenoxy) is 1. The van der Waals surface area contributed by atoms with E-state index in [0.717, 1.165) is 11.1 Å².